The van der Waals surface area contributed by atoms with E-state index in [2.05, 4.69) is 54.3 Å². The molecule has 0 unspecified atom stereocenters. The van der Waals surface area contributed by atoms with Crippen LogP contribution in [0.15, 0.2) is 30.5 Å². The fraction of sp³-hybridized carbons (Fsp3) is 0.333. The highest BCUT2D eigenvalue weighted by molar-refractivity contribution is 7.11. The van der Waals surface area contributed by atoms with E-state index in [4.69, 9.17) is 0 Å². The molecule has 0 atom stereocenters. The molecule has 0 aromatic carbocycles. The van der Waals surface area contributed by atoms with E-state index in [9.17, 15) is 0 Å². The number of aryl methyl sites for hydroxylation is 2. The molecule has 0 aliphatic carbocycles. The van der Waals surface area contributed by atoms with Crippen LogP contribution >= 0.6 is 11.3 Å². The zero-order valence-electron chi connectivity index (χ0n) is 9.16. The first-order valence-corrected chi connectivity index (χ1v) is 5.93. The Labute approximate surface area is 94.6 Å². The van der Waals surface area contributed by atoms with Crippen LogP contribution in [-0.2, 0) is 20.1 Å². The molecule has 0 aliphatic heterocycles. The molecule has 0 fully saturated rings. The van der Waals surface area contributed by atoms with E-state index in [1.54, 1.807) is 0 Å². The highest BCUT2D eigenvalue weighted by Crippen LogP contribution is 2.14. The average molecular weight is 220 g/mol. The molecular formula is C12H16N2S. The largest absolute Gasteiger partial charge is 0.353 e. The summed E-state index contributed by atoms with van der Waals surface area (Å²) in [7, 11) is 2.08. The Bertz CT molecular complexity index is 428. The molecule has 2 nitrogen and oxygen atoms in total. The minimum atomic E-state index is 0.931. The maximum atomic E-state index is 3.45. The van der Waals surface area contributed by atoms with Gasteiger partial charge in [-0.25, -0.2) is 0 Å². The average Bonchev–Trinajstić information content (AvgIpc) is 2.77. The lowest BCUT2D eigenvalue weighted by Crippen LogP contribution is -2.13. The zero-order chi connectivity index (χ0) is 10.7. The molecule has 0 spiro atoms. The lowest BCUT2D eigenvalue weighted by molar-refractivity contribution is 0.660. The van der Waals surface area contributed by atoms with E-state index >= 15 is 0 Å². The Morgan fingerprint density at radius 3 is 2.73 bits per heavy atom. The van der Waals surface area contributed by atoms with E-state index < -0.39 is 0 Å². The van der Waals surface area contributed by atoms with Gasteiger partial charge in [0, 0.05) is 41.8 Å². The van der Waals surface area contributed by atoms with Gasteiger partial charge < -0.3 is 9.88 Å². The summed E-state index contributed by atoms with van der Waals surface area (Å²) < 4.78 is 2.15. The molecule has 15 heavy (non-hydrogen) atoms. The fourth-order valence-corrected chi connectivity index (χ4v) is 2.43. The van der Waals surface area contributed by atoms with Gasteiger partial charge in [-0.2, -0.15) is 0 Å². The van der Waals surface area contributed by atoms with Crippen LogP contribution in [-0.4, -0.2) is 4.57 Å². The van der Waals surface area contributed by atoms with E-state index in [0.717, 1.165) is 13.1 Å². The molecule has 2 aromatic heterocycles. The second kappa shape index (κ2) is 4.64. The number of rotatable bonds is 4. The molecule has 0 radical (unpaired) electrons. The third kappa shape index (κ3) is 2.70. The highest BCUT2D eigenvalue weighted by Gasteiger charge is 1.98. The van der Waals surface area contributed by atoms with E-state index in [1.807, 2.05) is 11.3 Å². The van der Waals surface area contributed by atoms with Crippen molar-refractivity contribution in [2.75, 3.05) is 0 Å². The van der Waals surface area contributed by atoms with Crippen LogP contribution in [0.2, 0.25) is 0 Å². The monoisotopic (exact) mass is 220 g/mol. The predicted molar refractivity (Wildman–Crippen MR) is 65.0 cm³/mol. The van der Waals surface area contributed by atoms with Gasteiger partial charge in [0.15, 0.2) is 0 Å². The van der Waals surface area contributed by atoms with Crippen molar-refractivity contribution >= 4 is 11.3 Å². The van der Waals surface area contributed by atoms with Crippen LogP contribution in [0.25, 0.3) is 0 Å². The third-order valence-electron chi connectivity index (χ3n) is 2.45. The van der Waals surface area contributed by atoms with Gasteiger partial charge in [0.2, 0.25) is 0 Å². The molecule has 0 bridgehead atoms. The van der Waals surface area contributed by atoms with Gasteiger partial charge in [-0.05, 0) is 31.2 Å². The fourth-order valence-electron chi connectivity index (χ4n) is 1.57. The van der Waals surface area contributed by atoms with Gasteiger partial charge in [-0.15, -0.1) is 11.3 Å². The van der Waals surface area contributed by atoms with Crippen molar-refractivity contribution in [2.45, 2.75) is 20.0 Å². The number of nitrogens with zero attached hydrogens (tertiary/aromatic N) is 1. The summed E-state index contributed by atoms with van der Waals surface area (Å²) in [5, 5.41) is 3.45. The molecule has 0 aliphatic rings. The topological polar surface area (TPSA) is 17.0 Å². The van der Waals surface area contributed by atoms with Crippen molar-refractivity contribution in [2.24, 2.45) is 7.05 Å². The van der Waals surface area contributed by atoms with Crippen molar-refractivity contribution in [1.29, 1.82) is 0 Å². The highest BCUT2D eigenvalue weighted by atomic mass is 32.1. The molecule has 3 heteroatoms. The van der Waals surface area contributed by atoms with Crippen LogP contribution in [0.3, 0.4) is 0 Å². The molecule has 0 saturated carbocycles. The summed E-state index contributed by atoms with van der Waals surface area (Å²) >= 11 is 1.86. The lowest BCUT2D eigenvalue weighted by Gasteiger charge is -2.04. The first-order valence-electron chi connectivity index (χ1n) is 5.12. The van der Waals surface area contributed by atoms with E-state index in [0.29, 0.717) is 0 Å². The van der Waals surface area contributed by atoms with Crippen LogP contribution in [0.5, 0.6) is 0 Å². The smallest absolute Gasteiger partial charge is 0.0362 e. The summed E-state index contributed by atoms with van der Waals surface area (Å²) in [6, 6.07) is 8.58. The third-order valence-corrected chi connectivity index (χ3v) is 3.45. The van der Waals surface area contributed by atoms with Gasteiger partial charge in [0.25, 0.3) is 0 Å². The van der Waals surface area contributed by atoms with Crippen LogP contribution in [0.1, 0.15) is 15.4 Å². The molecule has 80 valence electrons. The van der Waals surface area contributed by atoms with Gasteiger partial charge >= 0.3 is 0 Å². The number of hydrogen-bond donors (Lipinski definition) is 1. The minimum absolute atomic E-state index is 0.931. The quantitative estimate of drug-likeness (QED) is 0.838. The summed E-state index contributed by atoms with van der Waals surface area (Å²) in [4.78, 5) is 2.78. The number of aromatic nitrogens is 1. The van der Waals surface area contributed by atoms with Gasteiger partial charge in [-0.1, -0.05) is 0 Å². The SMILES string of the molecule is Cc1ccc(CNCc2cccn2C)s1. The van der Waals surface area contributed by atoms with Crippen molar-refractivity contribution in [3.05, 3.63) is 45.9 Å². The molecule has 2 aromatic rings. The maximum absolute atomic E-state index is 3.45. The molecule has 0 saturated heterocycles. The first kappa shape index (κ1) is 10.5. The van der Waals surface area contributed by atoms with Crippen molar-refractivity contribution in [1.82, 2.24) is 9.88 Å². The zero-order valence-corrected chi connectivity index (χ0v) is 9.97. The Hall–Kier alpha value is -1.06. The van der Waals surface area contributed by atoms with Gasteiger partial charge in [-0.3, -0.25) is 0 Å². The van der Waals surface area contributed by atoms with Crippen LogP contribution < -0.4 is 5.32 Å². The summed E-state index contributed by atoms with van der Waals surface area (Å²) in [5.74, 6) is 0. The maximum Gasteiger partial charge on any atom is 0.0362 e. The Kier molecular flexibility index (Phi) is 3.23. The second-order valence-electron chi connectivity index (χ2n) is 3.73. The molecule has 2 heterocycles. The second-order valence-corrected chi connectivity index (χ2v) is 5.10. The van der Waals surface area contributed by atoms with E-state index in [1.165, 1.54) is 15.4 Å². The molecule has 2 rings (SSSR count). The summed E-state index contributed by atoms with van der Waals surface area (Å²) in [6.07, 6.45) is 2.08. The first-order chi connectivity index (χ1) is 7.25. The Morgan fingerprint density at radius 1 is 1.27 bits per heavy atom. The van der Waals surface area contributed by atoms with Crippen molar-refractivity contribution < 1.29 is 0 Å². The number of nitrogens with one attached hydrogen (secondary N) is 1. The molecule has 1 N–H and O–H groups in total. The Morgan fingerprint density at radius 2 is 2.13 bits per heavy atom. The summed E-state index contributed by atoms with van der Waals surface area (Å²) in [6.45, 7) is 4.04. The Balaban J connectivity index is 1.83. The van der Waals surface area contributed by atoms with Gasteiger partial charge in [0.05, 0.1) is 0 Å². The summed E-state index contributed by atoms with van der Waals surface area (Å²) in [5.41, 5.74) is 1.32. The normalized spacial score (nSPS) is 10.8. The molecule has 0 amide bonds. The minimum Gasteiger partial charge on any atom is -0.353 e. The standard InChI is InChI=1S/C12H16N2S/c1-10-5-6-12(15-10)9-13-8-11-4-3-7-14(11)2/h3-7,13H,8-9H2,1-2H3. The predicted octanol–water partition coefficient (Wildman–Crippen LogP) is 2.68. The van der Waals surface area contributed by atoms with Crippen LogP contribution in [0, 0.1) is 6.92 Å². The van der Waals surface area contributed by atoms with Crippen molar-refractivity contribution in [3.63, 3.8) is 0 Å². The van der Waals surface area contributed by atoms with E-state index in [-0.39, 0.29) is 0 Å². The van der Waals surface area contributed by atoms with Crippen molar-refractivity contribution in [3.8, 4) is 0 Å². The van der Waals surface area contributed by atoms with Crippen LogP contribution in [0.4, 0.5) is 0 Å². The lowest BCUT2D eigenvalue weighted by atomic mass is 10.4. The number of hydrogen-bond acceptors (Lipinski definition) is 2. The number of thiophene rings is 1. The molecular weight excluding hydrogens is 204 g/mol. The van der Waals surface area contributed by atoms with Gasteiger partial charge in [0.1, 0.15) is 0 Å².